The summed E-state index contributed by atoms with van der Waals surface area (Å²) in [4.78, 5) is 6.41. The van der Waals surface area contributed by atoms with Gasteiger partial charge >= 0.3 is 0 Å². The normalized spacial score (nSPS) is 21.2. The molecule has 2 rings (SSSR count). The monoisotopic (exact) mass is 448 g/mol. The van der Waals surface area contributed by atoms with E-state index in [0.29, 0.717) is 19.6 Å². The van der Waals surface area contributed by atoms with Crippen LogP contribution in [0.2, 0.25) is 0 Å². The highest BCUT2D eigenvalue weighted by molar-refractivity contribution is 14.0. The van der Waals surface area contributed by atoms with Crippen LogP contribution in [0.25, 0.3) is 0 Å². The minimum atomic E-state index is -3.13. The molecule has 9 heteroatoms. The van der Waals surface area contributed by atoms with Crippen LogP contribution in [0, 0.1) is 0 Å². The van der Waals surface area contributed by atoms with Gasteiger partial charge < -0.3 is 10.2 Å². The van der Waals surface area contributed by atoms with Crippen LogP contribution in [0.1, 0.15) is 12.8 Å². The van der Waals surface area contributed by atoms with Crippen molar-refractivity contribution < 1.29 is 8.42 Å². The largest absolute Gasteiger partial charge is 0.355 e. The molecule has 21 heavy (non-hydrogen) atoms. The topological polar surface area (TPSA) is 65.0 Å². The molecule has 1 N–H and O–H groups in total. The molecule has 2 aliphatic heterocycles. The first-order valence-electron chi connectivity index (χ1n) is 7.14. The average Bonchev–Trinajstić information content (AvgIpc) is 2.98. The lowest BCUT2D eigenvalue weighted by atomic mass is 10.4. The fourth-order valence-electron chi connectivity index (χ4n) is 2.51. The summed E-state index contributed by atoms with van der Waals surface area (Å²) in [6, 6.07) is 0. The average molecular weight is 448 g/mol. The lowest BCUT2D eigenvalue weighted by Crippen LogP contribution is -2.44. The molecule has 124 valence electrons. The number of nitrogens with zero attached hydrogens (tertiary/aromatic N) is 3. The molecule has 0 aromatic carbocycles. The van der Waals surface area contributed by atoms with Gasteiger partial charge in [-0.3, -0.25) is 4.99 Å². The van der Waals surface area contributed by atoms with Crippen molar-refractivity contribution in [2.24, 2.45) is 4.99 Å². The van der Waals surface area contributed by atoms with E-state index in [1.165, 1.54) is 12.8 Å². The van der Waals surface area contributed by atoms with E-state index in [-0.39, 0.29) is 29.7 Å². The Morgan fingerprint density at radius 1 is 1.19 bits per heavy atom. The van der Waals surface area contributed by atoms with Crippen molar-refractivity contribution in [2.75, 3.05) is 57.0 Å². The molecular formula is C12H25IN4O2S2. The van der Waals surface area contributed by atoms with Gasteiger partial charge in [-0.2, -0.15) is 11.8 Å². The molecule has 2 aliphatic rings. The Bertz CT molecular complexity index is 433. The highest BCUT2D eigenvalue weighted by Gasteiger charge is 2.24. The Balaban J connectivity index is 0.00000220. The van der Waals surface area contributed by atoms with Gasteiger partial charge in [0, 0.05) is 51.3 Å². The first-order valence-corrected chi connectivity index (χ1v) is 9.91. The minimum Gasteiger partial charge on any atom is -0.355 e. The van der Waals surface area contributed by atoms with E-state index in [2.05, 4.69) is 15.2 Å². The van der Waals surface area contributed by atoms with Gasteiger partial charge in [-0.25, -0.2) is 12.7 Å². The molecule has 0 saturated carbocycles. The van der Waals surface area contributed by atoms with E-state index in [1.54, 1.807) is 11.4 Å². The summed E-state index contributed by atoms with van der Waals surface area (Å²) in [6.07, 6.45) is 2.37. The Hall–Kier alpha value is 0.260. The second kappa shape index (κ2) is 9.41. The van der Waals surface area contributed by atoms with Gasteiger partial charge in [-0.05, 0) is 12.8 Å². The molecule has 0 unspecified atom stereocenters. The molecule has 0 amide bonds. The van der Waals surface area contributed by atoms with E-state index >= 15 is 0 Å². The van der Waals surface area contributed by atoms with Gasteiger partial charge in [0.1, 0.15) is 0 Å². The van der Waals surface area contributed by atoms with E-state index in [0.717, 1.165) is 30.6 Å². The summed E-state index contributed by atoms with van der Waals surface area (Å²) in [5, 5.41) is 3.17. The fourth-order valence-corrected chi connectivity index (χ4v) is 5.00. The van der Waals surface area contributed by atoms with Crippen LogP contribution in [0.15, 0.2) is 4.99 Å². The molecule has 0 atom stereocenters. The van der Waals surface area contributed by atoms with Crippen LogP contribution in [-0.2, 0) is 10.0 Å². The molecule has 0 aromatic rings. The Labute approximate surface area is 149 Å². The quantitative estimate of drug-likeness (QED) is 0.389. The maximum atomic E-state index is 12.2. The van der Waals surface area contributed by atoms with Crippen molar-refractivity contribution in [1.82, 2.24) is 14.5 Å². The third-order valence-corrected chi connectivity index (χ3v) is 6.44. The van der Waals surface area contributed by atoms with Crippen LogP contribution in [0.4, 0.5) is 0 Å². The molecule has 2 heterocycles. The lowest BCUT2D eigenvalue weighted by molar-refractivity contribution is 0.442. The van der Waals surface area contributed by atoms with Crippen LogP contribution in [0.3, 0.4) is 0 Å². The zero-order valence-electron chi connectivity index (χ0n) is 12.5. The number of thioether (sulfide) groups is 1. The molecule has 2 saturated heterocycles. The molecule has 0 spiro atoms. The molecule has 0 radical (unpaired) electrons. The number of halogens is 1. The summed E-state index contributed by atoms with van der Waals surface area (Å²) in [5.74, 6) is 2.78. The smallest absolute Gasteiger partial charge is 0.215 e. The van der Waals surface area contributed by atoms with Gasteiger partial charge in [-0.1, -0.05) is 0 Å². The maximum absolute atomic E-state index is 12.2. The number of aliphatic imine (C=N–C) groups is 1. The highest BCUT2D eigenvalue weighted by atomic mass is 127. The second-order valence-electron chi connectivity index (χ2n) is 5.00. The first-order chi connectivity index (χ1) is 9.63. The zero-order valence-corrected chi connectivity index (χ0v) is 16.4. The maximum Gasteiger partial charge on any atom is 0.215 e. The highest BCUT2D eigenvalue weighted by Crippen LogP contribution is 2.13. The zero-order chi connectivity index (χ0) is 14.4. The number of likely N-dealkylation sites (tertiary alicyclic amines) is 1. The van der Waals surface area contributed by atoms with E-state index < -0.39 is 10.0 Å². The standard InChI is InChI=1S/C12H24N4O2S2.HI/c1-13-12(15-5-2-3-6-15)14-4-11-20(17,18)16-7-9-19-10-8-16;/h2-11H2,1H3,(H,13,14);1H. The van der Waals surface area contributed by atoms with Crippen molar-refractivity contribution in [3.05, 3.63) is 0 Å². The molecule has 6 nitrogen and oxygen atoms in total. The van der Waals surface area contributed by atoms with Crippen LogP contribution >= 0.6 is 35.7 Å². The number of nitrogens with one attached hydrogen (secondary N) is 1. The molecule has 0 bridgehead atoms. The van der Waals surface area contributed by atoms with E-state index in [1.807, 2.05) is 11.8 Å². The van der Waals surface area contributed by atoms with Gasteiger partial charge in [0.2, 0.25) is 10.0 Å². The minimum absolute atomic E-state index is 0. The van der Waals surface area contributed by atoms with E-state index in [9.17, 15) is 8.42 Å². The van der Waals surface area contributed by atoms with Crippen molar-refractivity contribution >= 4 is 51.7 Å². The van der Waals surface area contributed by atoms with Crippen molar-refractivity contribution in [1.29, 1.82) is 0 Å². The molecule has 0 aliphatic carbocycles. The Kier molecular flexibility index (Phi) is 8.65. The van der Waals surface area contributed by atoms with Crippen molar-refractivity contribution in [2.45, 2.75) is 12.8 Å². The Morgan fingerprint density at radius 2 is 1.81 bits per heavy atom. The predicted octanol–water partition coefficient (Wildman–Crippen LogP) is 0.654. The second-order valence-corrected chi connectivity index (χ2v) is 8.31. The summed E-state index contributed by atoms with van der Waals surface area (Å²) >= 11 is 1.82. The van der Waals surface area contributed by atoms with Gasteiger partial charge in [0.15, 0.2) is 5.96 Å². The number of guanidine groups is 1. The van der Waals surface area contributed by atoms with Crippen LogP contribution < -0.4 is 5.32 Å². The van der Waals surface area contributed by atoms with E-state index in [4.69, 9.17) is 0 Å². The predicted molar refractivity (Wildman–Crippen MR) is 100 cm³/mol. The van der Waals surface area contributed by atoms with Gasteiger partial charge in [0.25, 0.3) is 0 Å². The molecule has 2 fully saturated rings. The Morgan fingerprint density at radius 3 is 2.38 bits per heavy atom. The van der Waals surface area contributed by atoms with Crippen molar-refractivity contribution in [3.63, 3.8) is 0 Å². The third-order valence-electron chi connectivity index (χ3n) is 3.62. The third kappa shape index (κ3) is 5.76. The summed E-state index contributed by atoms with van der Waals surface area (Å²) in [6.45, 7) is 3.74. The molecular weight excluding hydrogens is 423 g/mol. The number of rotatable bonds is 4. The summed E-state index contributed by atoms with van der Waals surface area (Å²) < 4.78 is 26.0. The van der Waals surface area contributed by atoms with Crippen LogP contribution in [-0.4, -0.2) is 80.6 Å². The lowest BCUT2D eigenvalue weighted by Gasteiger charge is -2.26. The number of sulfonamides is 1. The number of hydrogen-bond donors (Lipinski definition) is 1. The molecule has 0 aromatic heterocycles. The summed E-state index contributed by atoms with van der Waals surface area (Å²) in [7, 11) is -1.38. The summed E-state index contributed by atoms with van der Waals surface area (Å²) in [5.41, 5.74) is 0. The van der Waals surface area contributed by atoms with Gasteiger partial charge in [-0.15, -0.1) is 24.0 Å². The fraction of sp³-hybridized carbons (Fsp3) is 0.917. The van der Waals surface area contributed by atoms with Crippen LogP contribution in [0.5, 0.6) is 0 Å². The SMILES string of the molecule is CN=C(NCCS(=O)(=O)N1CCSCC1)N1CCCC1.I. The van der Waals surface area contributed by atoms with Crippen molar-refractivity contribution in [3.8, 4) is 0 Å². The first kappa shape index (κ1) is 19.3. The van der Waals surface area contributed by atoms with Gasteiger partial charge in [0.05, 0.1) is 5.75 Å². The number of hydrogen-bond acceptors (Lipinski definition) is 4.